The van der Waals surface area contributed by atoms with Crippen LogP contribution in [0.4, 0.5) is 4.39 Å². The van der Waals surface area contributed by atoms with Gasteiger partial charge >= 0.3 is 0 Å². The summed E-state index contributed by atoms with van der Waals surface area (Å²) >= 11 is 0. The molecular formula is C10H11FO. The van der Waals surface area contributed by atoms with Crippen LogP contribution in [0.2, 0.25) is 0 Å². The van der Waals surface area contributed by atoms with Gasteiger partial charge in [0.1, 0.15) is 12.1 Å². The second-order valence-corrected chi connectivity index (χ2v) is 2.67. The number of benzene rings is 1. The zero-order valence-corrected chi connectivity index (χ0v) is 6.96. The predicted octanol–water partition coefficient (Wildman–Crippen LogP) is 2.52. The maximum absolute atomic E-state index is 13.1. The maximum atomic E-state index is 13.1. The number of rotatable bonds is 3. The molecule has 0 saturated carbocycles. The van der Waals surface area contributed by atoms with Crippen molar-refractivity contribution >= 4 is 6.29 Å². The largest absolute Gasteiger partial charge is 0.303 e. The summed E-state index contributed by atoms with van der Waals surface area (Å²) in [5, 5.41) is 0. The smallest absolute Gasteiger partial charge is 0.127 e. The van der Waals surface area contributed by atoms with Crippen molar-refractivity contribution in [3.05, 3.63) is 35.6 Å². The summed E-state index contributed by atoms with van der Waals surface area (Å²) in [7, 11) is 0. The minimum atomic E-state index is -0.300. The normalized spacial score (nSPS) is 12.5. The van der Waals surface area contributed by atoms with Crippen molar-refractivity contribution in [2.75, 3.05) is 0 Å². The number of halogens is 1. The Balaban J connectivity index is 3.00. The van der Waals surface area contributed by atoms with Crippen LogP contribution in [-0.2, 0) is 4.79 Å². The van der Waals surface area contributed by atoms with Gasteiger partial charge in [-0.3, -0.25) is 0 Å². The third-order valence-corrected chi connectivity index (χ3v) is 1.91. The number of carbonyl (C=O) groups excluding carboxylic acids is 1. The van der Waals surface area contributed by atoms with Gasteiger partial charge in [-0.05, 0) is 18.1 Å². The average molecular weight is 166 g/mol. The zero-order chi connectivity index (χ0) is 8.97. The first kappa shape index (κ1) is 8.91. The molecule has 0 fully saturated rings. The van der Waals surface area contributed by atoms with Crippen LogP contribution in [0.3, 0.4) is 0 Å². The molecule has 1 nitrogen and oxygen atoms in total. The molecule has 0 bridgehead atoms. The van der Waals surface area contributed by atoms with E-state index in [2.05, 4.69) is 0 Å². The fraction of sp³-hybridized carbons (Fsp3) is 0.300. The predicted molar refractivity (Wildman–Crippen MR) is 45.5 cm³/mol. The fourth-order valence-corrected chi connectivity index (χ4v) is 1.17. The summed E-state index contributed by atoms with van der Waals surface area (Å²) in [5.41, 5.74) is 0.495. The Labute approximate surface area is 71.2 Å². The highest BCUT2D eigenvalue weighted by molar-refractivity contribution is 5.62. The molecule has 1 aromatic rings. The molecule has 0 amide bonds. The van der Waals surface area contributed by atoms with Gasteiger partial charge in [-0.25, -0.2) is 4.39 Å². The summed E-state index contributed by atoms with van der Waals surface area (Å²) in [6, 6.07) is 6.39. The lowest BCUT2D eigenvalue weighted by Gasteiger charge is -2.07. The Bertz CT molecular complexity index is 270. The Kier molecular flexibility index (Phi) is 2.97. The van der Waals surface area contributed by atoms with Crippen molar-refractivity contribution in [2.24, 2.45) is 0 Å². The van der Waals surface area contributed by atoms with Gasteiger partial charge in [-0.15, -0.1) is 0 Å². The first-order chi connectivity index (χ1) is 5.79. The van der Waals surface area contributed by atoms with E-state index >= 15 is 0 Å². The quantitative estimate of drug-likeness (QED) is 0.630. The molecule has 64 valence electrons. The molecule has 0 radical (unpaired) electrons. The van der Waals surface area contributed by atoms with Gasteiger partial charge in [0.25, 0.3) is 0 Å². The van der Waals surface area contributed by atoms with E-state index in [0.717, 1.165) is 6.29 Å². The zero-order valence-electron chi connectivity index (χ0n) is 6.96. The van der Waals surface area contributed by atoms with Gasteiger partial charge in [0.2, 0.25) is 0 Å². The summed E-state index contributed by atoms with van der Waals surface area (Å²) in [4.78, 5) is 10.5. The van der Waals surface area contributed by atoms with Crippen molar-refractivity contribution in [1.82, 2.24) is 0 Å². The minimum Gasteiger partial charge on any atom is -0.303 e. The fourth-order valence-electron chi connectivity index (χ4n) is 1.17. The van der Waals surface area contributed by atoms with Crippen LogP contribution in [0, 0.1) is 5.82 Å². The van der Waals surface area contributed by atoms with Crippen LogP contribution in [0.1, 0.15) is 24.8 Å². The Morgan fingerprint density at radius 2 is 2.17 bits per heavy atom. The topological polar surface area (TPSA) is 17.1 Å². The average Bonchev–Trinajstić information content (AvgIpc) is 2.10. The lowest BCUT2D eigenvalue weighted by molar-refractivity contribution is -0.109. The van der Waals surface area contributed by atoms with Crippen LogP contribution in [0.15, 0.2) is 24.3 Å². The van der Waals surface area contributed by atoms with Crippen LogP contribution in [0.5, 0.6) is 0 Å². The van der Waals surface area contributed by atoms with Gasteiger partial charge in [-0.1, -0.05) is 25.1 Å². The van der Waals surface area contributed by atoms with Crippen molar-refractivity contribution in [2.45, 2.75) is 19.3 Å². The second kappa shape index (κ2) is 4.00. The monoisotopic (exact) mass is 166 g/mol. The summed E-state index contributed by atoms with van der Waals surface area (Å²) in [6.45, 7) is 1.87. The van der Waals surface area contributed by atoms with Crippen molar-refractivity contribution in [3.8, 4) is 0 Å². The van der Waals surface area contributed by atoms with E-state index in [0.29, 0.717) is 12.0 Å². The molecule has 0 N–H and O–H groups in total. The molecule has 2 heteroatoms. The Hall–Kier alpha value is -1.18. The van der Waals surface area contributed by atoms with Gasteiger partial charge in [-0.2, -0.15) is 0 Å². The molecule has 1 atom stereocenters. The maximum Gasteiger partial charge on any atom is 0.127 e. The molecule has 1 unspecified atom stereocenters. The van der Waals surface area contributed by atoms with E-state index < -0.39 is 0 Å². The van der Waals surface area contributed by atoms with E-state index in [1.54, 1.807) is 18.2 Å². The molecule has 0 aliphatic rings. The van der Waals surface area contributed by atoms with E-state index in [4.69, 9.17) is 0 Å². The Morgan fingerprint density at radius 1 is 1.50 bits per heavy atom. The van der Waals surface area contributed by atoms with Crippen LogP contribution in [0.25, 0.3) is 0 Å². The molecule has 0 saturated heterocycles. The molecular weight excluding hydrogens is 155 g/mol. The second-order valence-electron chi connectivity index (χ2n) is 2.67. The number of carbonyl (C=O) groups is 1. The highest BCUT2D eigenvalue weighted by atomic mass is 19.1. The van der Waals surface area contributed by atoms with E-state index in [1.165, 1.54) is 6.07 Å². The standard InChI is InChI=1S/C10H11FO/c1-2-8(7-12)9-5-3-4-6-10(9)11/h3-8H,2H2,1H3. The SMILES string of the molecule is CCC(C=O)c1ccccc1F. The number of hydrogen-bond donors (Lipinski definition) is 0. The molecule has 0 heterocycles. The van der Waals surface area contributed by atoms with E-state index in [-0.39, 0.29) is 11.7 Å². The first-order valence-electron chi connectivity index (χ1n) is 3.99. The molecule has 12 heavy (non-hydrogen) atoms. The van der Waals surface area contributed by atoms with Crippen LogP contribution in [-0.4, -0.2) is 6.29 Å². The Morgan fingerprint density at radius 3 is 2.67 bits per heavy atom. The summed E-state index contributed by atoms with van der Waals surface area (Å²) in [6.07, 6.45) is 1.43. The minimum absolute atomic E-state index is 0.295. The molecule has 0 aliphatic heterocycles. The third kappa shape index (κ3) is 1.70. The first-order valence-corrected chi connectivity index (χ1v) is 3.99. The molecule has 0 aliphatic carbocycles. The lowest BCUT2D eigenvalue weighted by atomic mass is 9.98. The van der Waals surface area contributed by atoms with Gasteiger partial charge < -0.3 is 4.79 Å². The van der Waals surface area contributed by atoms with Crippen LogP contribution >= 0.6 is 0 Å². The van der Waals surface area contributed by atoms with Gasteiger partial charge in [0.15, 0.2) is 0 Å². The number of hydrogen-bond acceptors (Lipinski definition) is 1. The van der Waals surface area contributed by atoms with Gasteiger partial charge in [0.05, 0.1) is 0 Å². The molecule has 1 rings (SSSR count). The molecule has 0 aromatic heterocycles. The van der Waals surface area contributed by atoms with E-state index in [9.17, 15) is 9.18 Å². The lowest BCUT2D eigenvalue weighted by Crippen LogP contribution is -2.00. The van der Waals surface area contributed by atoms with Crippen molar-refractivity contribution < 1.29 is 9.18 Å². The highest BCUT2D eigenvalue weighted by Crippen LogP contribution is 2.19. The highest BCUT2D eigenvalue weighted by Gasteiger charge is 2.11. The molecule has 0 spiro atoms. The van der Waals surface area contributed by atoms with Gasteiger partial charge in [0, 0.05) is 5.92 Å². The van der Waals surface area contributed by atoms with Crippen molar-refractivity contribution in [3.63, 3.8) is 0 Å². The van der Waals surface area contributed by atoms with Crippen molar-refractivity contribution in [1.29, 1.82) is 0 Å². The molecule has 1 aromatic carbocycles. The summed E-state index contributed by atoms with van der Waals surface area (Å²) < 4.78 is 13.1. The van der Waals surface area contributed by atoms with Crippen LogP contribution < -0.4 is 0 Å². The summed E-state index contributed by atoms with van der Waals surface area (Å²) in [5.74, 6) is -0.595. The third-order valence-electron chi connectivity index (χ3n) is 1.91. The van der Waals surface area contributed by atoms with E-state index in [1.807, 2.05) is 6.92 Å². The number of aldehydes is 1.